The van der Waals surface area contributed by atoms with Crippen molar-refractivity contribution in [2.24, 2.45) is 0 Å². The fourth-order valence-electron chi connectivity index (χ4n) is 2.19. The van der Waals surface area contributed by atoms with Crippen LogP contribution < -0.4 is 0 Å². The second-order valence-corrected chi connectivity index (χ2v) is 13.5. The van der Waals surface area contributed by atoms with Crippen LogP contribution in [-0.2, 0) is 0 Å². The van der Waals surface area contributed by atoms with E-state index < -0.39 is 0 Å². The topological polar surface area (TPSA) is 38.7 Å². The lowest BCUT2D eigenvalue weighted by molar-refractivity contribution is 0.835. The first kappa shape index (κ1) is 23.2. The number of nitrogens with zero attached hydrogens (tertiary/aromatic N) is 3. The van der Waals surface area contributed by atoms with Gasteiger partial charge in [0, 0.05) is 34.3 Å². The van der Waals surface area contributed by atoms with E-state index in [4.69, 9.17) is 0 Å². The van der Waals surface area contributed by atoms with Gasteiger partial charge in [0.1, 0.15) is 15.1 Å². The van der Waals surface area contributed by atoms with Crippen molar-refractivity contribution >= 4 is 64.8 Å². The van der Waals surface area contributed by atoms with Gasteiger partial charge >= 0.3 is 0 Å². The summed E-state index contributed by atoms with van der Waals surface area (Å²) in [6.45, 7) is 4.61. The average molecular weight is 496 g/mol. The van der Waals surface area contributed by atoms with E-state index in [-0.39, 0.29) is 0 Å². The normalized spacial score (nSPS) is 14.3. The van der Waals surface area contributed by atoms with E-state index in [1.165, 1.54) is 0 Å². The number of pyridine rings is 3. The molecule has 2 unspecified atom stereocenters. The van der Waals surface area contributed by atoms with Crippen molar-refractivity contribution in [2.45, 2.75) is 44.7 Å². The van der Waals surface area contributed by atoms with Crippen LogP contribution >= 0.6 is 64.8 Å². The van der Waals surface area contributed by atoms with E-state index in [2.05, 4.69) is 47.0 Å². The SMILES string of the molecule is CC(SSc1ccccn1)C(SSc1ccccn1)C(C)SSc1ccccn1. The molecule has 0 amide bonds. The lowest BCUT2D eigenvalue weighted by Gasteiger charge is -2.27. The zero-order chi connectivity index (χ0) is 20.3. The van der Waals surface area contributed by atoms with Crippen LogP contribution in [0.1, 0.15) is 13.8 Å². The molecule has 0 saturated carbocycles. The monoisotopic (exact) mass is 495 g/mol. The molecular formula is C20H21N3S6. The largest absolute Gasteiger partial charge is 0.249 e. The quantitative estimate of drug-likeness (QED) is 0.249. The molecule has 0 aliphatic carbocycles. The van der Waals surface area contributed by atoms with Gasteiger partial charge < -0.3 is 0 Å². The first-order chi connectivity index (χ1) is 14.2. The Bertz CT molecular complexity index is 776. The third kappa shape index (κ3) is 8.30. The first-order valence-corrected chi connectivity index (χ1v) is 15.6. The Morgan fingerprint density at radius 1 is 0.552 bits per heavy atom. The number of hydrogen-bond donors (Lipinski definition) is 0. The summed E-state index contributed by atoms with van der Waals surface area (Å²) in [4.78, 5) is 13.3. The van der Waals surface area contributed by atoms with Crippen LogP contribution in [0.25, 0.3) is 0 Å². The van der Waals surface area contributed by atoms with E-state index in [9.17, 15) is 0 Å². The molecule has 3 nitrogen and oxygen atoms in total. The van der Waals surface area contributed by atoms with Gasteiger partial charge in [-0.15, -0.1) is 0 Å². The Balaban J connectivity index is 1.60. The smallest absolute Gasteiger partial charge is 0.106 e. The van der Waals surface area contributed by atoms with Crippen molar-refractivity contribution in [2.75, 3.05) is 0 Å². The third-order valence-electron chi connectivity index (χ3n) is 3.65. The maximum atomic E-state index is 4.45. The molecule has 0 saturated heterocycles. The van der Waals surface area contributed by atoms with Crippen LogP contribution in [0.3, 0.4) is 0 Å². The van der Waals surface area contributed by atoms with Crippen molar-refractivity contribution < 1.29 is 0 Å². The molecule has 0 radical (unpaired) electrons. The Morgan fingerprint density at radius 2 is 0.931 bits per heavy atom. The van der Waals surface area contributed by atoms with Crippen molar-refractivity contribution in [3.63, 3.8) is 0 Å². The lowest BCUT2D eigenvalue weighted by atomic mass is 10.2. The Labute approximate surface area is 196 Å². The fourth-order valence-corrected chi connectivity index (χ4v) is 11.0. The molecule has 152 valence electrons. The van der Waals surface area contributed by atoms with Crippen LogP contribution in [0.4, 0.5) is 0 Å². The third-order valence-corrected chi connectivity index (χ3v) is 12.6. The summed E-state index contributed by atoms with van der Waals surface area (Å²) in [7, 11) is 10.9. The molecule has 0 aliphatic heterocycles. The standard InChI is InChI=1S/C20H21N3S6/c1-15(24-26-17-9-3-6-12-21-17)20(29-28-19-11-5-8-14-23-19)16(2)25-27-18-10-4-7-13-22-18/h3-16,20H,1-2H3. The molecule has 3 heterocycles. The highest BCUT2D eigenvalue weighted by Gasteiger charge is 2.27. The summed E-state index contributed by atoms with van der Waals surface area (Å²) in [5, 5.41) is 4.46. The molecule has 2 atom stereocenters. The fraction of sp³-hybridized carbons (Fsp3) is 0.250. The van der Waals surface area contributed by atoms with E-state index in [1.807, 2.05) is 87.4 Å². The molecule has 0 aliphatic rings. The highest BCUT2D eigenvalue weighted by atomic mass is 33.1. The van der Waals surface area contributed by atoms with Crippen LogP contribution in [0.5, 0.6) is 0 Å². The maximum absolute atomic E-state index is 4.45. The minimum atomic E-state index is 0.435. The van der Waals surface area contributed by atoms with Gasteiger partial charge in [0.15, 0.2) is 0 Å². The van der Waals surface area contributed by atoms with Crippen molar-refractivity contribution in [1.82, 2.24) is 15.0 Å². The van der Waals surface area contributed by atoms with Crippen molar-refractivity contribution in [1.29, 1.82) is 0 Å². The van der Waals surface area contributed by atoms with E-state index in [0.717, 1.165) is 15.1 Å². The number of hydrogen-bond acceptors (Lipinski definition) is 9. The summed E-state index contributed by atoms with van der Waals surface area (Å²) >= 11 is 0. The van der Waals surface area contributed by atoms with Gasteiger partial charge in [0.05, 0.1) is 0 Å². The Hall–Kier alpha value is -0.450. The Morgan fingerprint density at radius 3 is 1.28 bits per heavy atom. The van der Waals surface area contributed by atoms with Crippen LogP contribution in [-0.4, -0.2) is 30.7 Å². The molecule has 0 N–H and O–H groups in total. The van der Waals surface area contributed by atoms with Gasteiger partial charge in [-0.2, -0.15) is 0 Å². The summed E-state index contributed by atoms with van der Waals surface area (Å²) in [6, 6.07) is 18.1. The predicted octanol–water partition coefficient (Wildman–Crippen LogP) is 7.64. The van der Waals surface area contributed by atoms with Crippen LogP contribution in [0, 0.1) is 0 Å². The highest BCUT2D eigenvalue weighted by Crippen LogP contribution is 2.47. The summed E-state index contributed by atoms with van der Waals surface area (Å²) in [5.74, 6) is 0. The molecule has 29 heavy (non-hydrogen) atoms. The predicted molar refractivity (Wildman–Crippen MR) is 136 cm³/mol. The molecule has 3 rings (SSSR count). The Kier molecular flexibility index (Phi) is 10.5. The minimum Gasteiger partial charge on any atom is -0.249 e. The van der Waals surface area contributed by atoms with Crippen molar-refractivity contribution in [3.05, 3.63) is 73.2 Å². The molecule has 0 fully saturated rings. The summed E-state index contributed by atoms with van der Waals surface area (Å²) in [5.41, 5.74) is 0. The lowest BCUT2D eigenvalue weighted by Crippen LogP contribution is -2.25. The first-order valence-electron chi connectivity index (χ1n) is 8.95. The van der Waals surface area contributed by atoms with Gasteiger partial charge in [-0.1, -0.05) is 64.4 Å². The molecule has 3 aromatic rings. The van der Waals surface area contributed by atoms with Crippen LogP contribution in [0.2, 0.25) is 0 Å². The van der Waals surface area contributed by atoms with E-state index >= 15 is 0 Å². The molecule has 0 spiro atoms. The molecule has 0 bridgehead atoms. The second kappa shape index (κ2) is 13.1. The molecule has 3 aromatic heterocycles. The summed E-state index contributed by atoms with van der Waals surface area (Å²) in [6.07, 6.45) is 5.54. The van der Waals surface area contributed by atoms with Gasteiger partial charge in [0.2, 0.25) is 0 Å². The molecule has 9 heteroatoms. The highest BCUT2D eigenvalue weighted by molar-refractivity contribution is 8.79. The molecular weight excluding hydrogens is 475 g/mol. The molecule has 0 aromatic carbocycles. The van der Waals surface area contributed by atoms with Crippen LogP contribution in [0.15, 0.2) is 88.3 Å². The van der Waals surface area contributed by atoms with Gasteiger partial charge in [0.25, 0.3) is 0 Å². The van der Waals surface area contributed by atoms with Gasteiger partial charge in [-0.3, -0.25) is 0 Å². The zero-order valence-corrected chi connectivity index (χ0v) is 20.9. The van der Waals surface area contributed by atoms with Crippen molar-refractivity contribution in [3.8, 4) is 0 Å². The average Bonchev–Trinajstić information content (AvgIpc) is 2.78. The summed E-state index contributed by atoms with van der Waals surface area (Å²) < 4.78 is 0. The van der Waals surface area contributed by atoms with E-state index in [0.29, 0.717) is 15.7 Å². The zero-order valence-electron chi connectivity index (χ0n) is 16.0. The van der Waals surface area contributed by atoms with E-state index in [1.54, 1.807) is 32.4 Å². The maximum Gasteiger partial charge on any atom is 0.106 e. The minimum absolute atomic E-state index is 0.435. The second-order valence-electron chi connectivity index (χ2n) is 5.92. The number of rotatable bonds is 11. The van der Waals surface area contributed by atoms with Gasteiger partial charge in [-0.25, -0.2) is 15.0 Å². The number of aromatic nitrogens is 3. The van der Waals surface area contributed by atoms with Gasteiger partial charge in [-0.05, 0) is 68.8 Å².